The van der Waals surface area contributed by atoms with Crippen LogP contribution >= 0.6 is 0 Å². The Morgan fingerprint density at radius 2 is 1.11 bits per heavy atom. The lowest BCUT2D eigenvalue weighted by molar-refractivity contribution is 0.487. The van der Waals surface area contributed by atoms with Gasteiger partial charge >= 0.3 is 0 Å². The SMILES string of the molecule is C.C=C(C)C(C)CC(C)C.C=C(C)CC.C=CC.CC.CCC.CCCCC. The van der Waals surface area contributed by atoms with Crippen molar-refractivity contribution in [2.24, 2.45) is 11.8 Å². The van der Waals surface area contributed by atoms with E-state index in [1.54, 1.807) is 6.08 Å². The van der Waals surface area contributed by atoms with Crippen LogP contribution in [0, 0.1) is 11.8 Å². The van der Waals surface area contributed by atoms with E-state index < -0.39 is 0 Å². The quantitative estimate of drug-likeness (QED) is 0.389. The molecule has 0 saturated heterocycles. The first-order valence-electron chi connectivity index (χ1n) is 11.4. The fourth-order valence-electron chi connectivity index (χ4n) is 1.26. The molecule has 176 valence electrons. The van der Waals surface area contributed by atoms with Crippen molar-refractivity contribution in [1.82, 2.24) is 0 Å². The Bertz CT molecular complexity index is 243. The highest BCUT2D eigenvalue weighted by atomic mass is 14.1. The van der Waals surface area contributed by atoms with Crippen LogP contribution in [0.5, 0.6) is 0 Å². The minimum atomic E-state index is 0. The van der Waals surface area contributed by atoms with Gasteiger partial charge in [-0.25, -0.2) is 0 Å². The summed E-state index contributed by atoms with van der Waals surface area (Å²) in [6.45, 7) is 38.5. The molecule has 0 amide bonds. The molecule has 1 atom stereocenters. The Morgan fingerprint density at radius 1 is 0.857 bits per heavy atom. The fraction of sp³-hybridized carbons (Fsp3) is 0.786. The highest BCUT2D eigenvalue weighted by molar-refractivity contribution is 4.93. The molecule has 0 bridgehead atoms. The molecule has 0 nitrogen and oxygen atoms in total. The van der Waals surface area contributed by atoms with E-state index in [9.17, 15) is 0 Å². The van der Waals surface area contributed by atoms with Gasteiger partial charge in [0.05, 0.1) is 0 Å². The molecule has 0 heterocycles. The summed E-state index contributed by atoms with van der Waals surface area (Å²) in [6, 6.07) is 0. The van der Waals surface area contributed by atoms with Crippen molar-refractivity contribution in [3.63, 3.8) is 0 Å². The van der Waals surface area contributed by atoms with E-state index in [-0.39, 0.29) is 7.43 Å². The van der Waals surface area contributed by atoms with Gasteiger partial charge < -0.3 is 0 Å². The summed E-state index contributed by atoms with van der Waals surface area (Å²) in [6.07, 6.45) is 9.46. The number of unbranched alkanes of at least 4 members (excludes halogenated alkanes) is 2. The first-order valence-corrected chi connectivity index (χ1v) is 11.4. The molecule has 0 aromatic carbocycles. The van der Waals surface area contributed by atoms with Crippen LogP contribution in [0.2, 0.25) is 0 Å². The van der Waals surface area contributed by atoms with Crippen molar-refractivity contribution in [3.05, 3.63) is 37.0 Å². The minimum absolute atomic E-state index is 0. The summed E-state index contributed by atoms with van der Waals surface area (Å²) in [4.78, 5) is 0. The summed E-state index contributed by atoms with van der Waals surface area (Å²) in [5.41, 5.74) is 2.56. The lowest BCUT2D eigenvalue weighted by Gasteiger charge is -2.12. The van der Waals surface area contributed by atoms with E-state index >= 15 is 0 Å². The molecule has 0 aromatic heterocycles. The number of allylic oxidation sites excluding steroid dienone is 3. The molecule has 0 aliphatic rings. The van der Waals surface area contributed by atoms with Gasteiger partial charge in [0.1, 0.15) is 0 Å². The van der Waals surface area contributed by atoms with Gasteiger partial charge in [0.2, 0.25) is 0 Å². The molecular weight excluding hydrogens is 336 g/mol. The average molecular weight is 401 g/mol. The molecular formula is C28H64. The van der Waals surface area contributed by atoms with Gasteiger partial charge in [-0.1, -0.05) is 126 Å². The zero-order valence-corrected chi connectivity index (χ0v) is 22.1. The van der Waals surface area contributed by atoms with Crippen LogP contribution in [-0.2, 0) is 0 Å². The lowest BCUT2D eigenvalue weighted by atomic mass is 9.94. The molecule has 1 unspecified atom stereocenters. The van der Waals surface area contributed by atoms with Gasteiger partial charge in [-0.05, 0) is 45.4 Å². The van der Waals surface area contributed by atoms with Crippen molar-refractivity contribution in [2.45, 2.75) is 136 Å². The molecule has 0 aliphatic carbocycles. The lowest BCUT2D eigenvalue weighted by Crippen LogP contribution is -1.99. The maximum atomic E-state index is 3.91. The van der Waals surface area contributed by atoms with Crippen molar-refractivity contribution < 1.29 is 0 Å². The zero-order chi connectivity index (χ0) is 23.3. The topological polar surface area (TPSA) is 0 Å². The second kappa shape index (κ2) is 50.2. The Labute approximate surface area is 185 Å². The predicted molar refractivity (Wildman–Crippen MR) is 144 cm³/mol. The normalized spacial score (nSPS) is 8.64. The monoisotopic (exact) mass is 401 g/mol. The first-order chi connectivity index (χ1) is 12.5. The van der Waals surface area contributed by atoms with Crippen LogP contribution in [0.4, 0.5) is 0 Å². The molecule has 0 radical (unpaired) electrons. The summed E-state index contributed by atoms with van der Waals surface area (Å²) in [5, 5.41) is 0. The smallest absolute Gasteiger partial charge is 0.0235 e. The van der Waals surface area contributed by atoms with Gasteiger partial charge in [0, 0.05) is 0 Å². The Hall–Kier alpha value is -0.780. The molecule has 0 N–H and O–H groups in total. The molecule has 0 saturated carbocycles. The number of hydrogen-bond donors (Lipinski definition) is 0. The maximum absolute atomic E-state index is 3.91. The first kappa shape index (κ1) is 45.8. The Morgan fingerprint density at radius 3 is 1.14 bits per heavy atom. The Balaban J connectivity index is -0.0000000406. The summed E-state index contributed by atoms with van der Waals surface area (Å²) in [7, 11) is 0. The van der Waals surface area contributed by atoms with Gasteiger partial charge in [-0.2, -0.15) is 0 Å². The maximum Gasteiger partial charge on any atom is -0.0235 e. The molecule has 28 heavy (non-hydrogen) atoms. The second-order valence-electron chi connectivity index (χ2n) is 7.16. The zero-order valence-electron chi connectivity index (χ0n) is 22.1. The fourth-order valence-corrected chi connectivity index (χ4v) is 1.26. The summed E-state index contributed by atoms with van der Waals surface area (Å²) in [5.74, 6) is 1.50. The standard InChI is InChI=1S/C9H18.C5H10.C5H12.C3H8.C3H6.C2H6.CH4/c1-7(2)6-9(5)8(3)4;1-4-5(2)3;1-3-5-4-2;2*1-3-2;1-2;/h7,9H,3,6H2,1-2,4-5H3;2,4H2,1,3H3;3-5H2,1-2H3;3H2,1-2H3;3H,1H2,2H3;1-2H3;1H4. The van der Waals surface area contributed by atoms with Gasteiger partial charge in [0.15, 0.2) is 0 Å². The van der Waals surface area contributed by atoms with E-state index in [4.69, 9.17) is 0 Å². The molecule has 0 spiro atoms. The second-order valence-corrected chi connectivity index (χ2v) is 7.16. The third-order valence-electron chi connectivity index (χ3n) is 2.98. The van der Waals surface area contributed by atoms with E-state index in [1.807, 2.05) is 27.7 Å². The summed E-state index contributed by atoms with van der Waals surface area (Å²) < 4.78 is 0. The van der Waals surface area contributed by atoms with Crippen LogP contribution in [-0.4, -0.2) is 0 Å². The van der Waals surface area contributed by atoms with E-state index in [0.717, 1.165) is 12.3 Å². The minimum Gasteiger partial charge on any atom is -0.103 e. The van der Waals surface area contributed by atoms with E-state index in [1.165, 1.54) is 43.3 Å². The largest absolute Gasteiger partial charge is 0.103 e. The molecule has 0 aliphatic heterocycles. The van der Waals surface area contributed by atoms with Crippen LogP contribution in [0.1, 0.15) is 136 Å². The van der Waals surface area contributed by atoms with Crippen LogP contribution in [0.25, 0.3) is 0 Å². The molecule has 0 aromatic rings. The number of hydrogen-bond acceptors (Lipinski definition) is 0. The van der Waals surface area contributed by atoms with Crippen molar-refractivity contribution >= 4 is 0 Å². The van der Waals surface area contributed by atoms with Gasteiger partial charge in [-0.15, -0.1) is 13.2 Å². The van der Waals surface area contributed by atoms with Gasteiger partial charge in [0.25, 0.3) is 0 Å². The third-order valence-corrected chi connectivity index (χ3v) is 2.98. The van der Waals surface area contributed by atoms with Crippen molar-refractivity contribution in [1.29, 1.82) is 0 Å². The highest BCUT2D eigenvalue weighted by Gasteiger charge is 2.03. The van der Waals surface area contributed by atoms with Crippen molar-refractivity contribution in [2.75, 3.05) is 0 Å². The van der Waals surface area contributed by atoms with E-state index in [2.05, 4.69) is 82.1 Å². The van der Waals surface area contributed by atoms with Crippen LogP contribution < -0.4 is 0 Å². The molecule has 0 fully saturated rings. The third kappa shape index (κ3) is 118. The predicted octanol–water partition coefficient (Wildman–Crippen LogP) is 11.7. The average Bonchev–Trinajstić information content (AvgIpc) is 2.59. The van der Waals surface area contributed by atoms with Gasteiger partial charge in [-0.3, -0.25) is 0 Å². The molecule has 0 heteroatoms. The Kier molecular flexibility index (Phi) is 82.1. The molecule has 0 rings (SSSR count). The highest BCUT2D eigenvalue weighted by Crippen LogP contribution is 2.16. The van der Waals surface area contributed by atoms with E-state index in [0.29, 0.717) is 5.92 Å². The van der Waals surface area contributed by atoms with Crippen LogP contribution in [0.3, 0.4) is 0 Å². The van der Waals surface area contributed by atoms with Crippen molar-refractivity contribution in [3.8, 4) is 0 Å². The number of rotatable bonds is 6. The summed E-state index contributed by atoms with van der Waals surface area (Å²) >= 11 is 0. The van der Waals surface area contributed by atoms with Crippen LogP contribution in [0.15, 0.2) is 37.0 Å².